The van der Waals surface area contributed by atoms with E-state index in [0.29, 0.717) is 10.4 Å². The minimum Gasteiger partial charge on any atom is -0.306 e. The van der Waals surface area contributed by atoms with Gasteiger partial charge in [-0.2, -0.15) is 0 Å². The molecule has 0 radical (unpaired) electrons. The number of nitrogens with one attached hydrogen (secondary N) is 1. The van der Waals surface area contributed by atoms with E-state index in [-0.39, 0.29) is 11.7 Å². The first-order valence-electron chi connectivity index (χ1n) is 5.36. The Morgan fingerprint density at radius 2 is 1.95 bits per heavy atom. The number of carbonyl (C=O) groups excluding carboxylic acids is 1. The molecule has 1 heterocycles. The van der Waals surface area contributed by atoms with E-state index in [1.807, 2.05) is 0 Å². The molecule has 0 fully saturated rings. The van der Waals surface area contributed by atoms with Crippen LogP contribution < -0.4 is 5.32 Å². The number of amides is 1. The van der Waals surface area contributed by atoms with Crippen LogP contribution in [0.25, 0.3) is 6.08 Å². The van der Waals surface area contributed by atoms with E-state index in [1.54, 1.807) is 18.2 Å². The van der Waals surface area contributed by atoms with Gasteiger partial charge in [-0.05, 0) is 39.7 Å². The van der Waals surface area contributed by atoms with Crippen molar-refractivity contribution in [1.82, 2.24) is 9.97 Å². The minimum atomic E-state index is -0.332. The lowest BCUT2D eigenvalue weighted by Gasteiger charge is -1.99. The monoisotopic (exact) mass is 321 g/mol. The number of carbonyl (C=O) groups is 1. The average molecular weight is 322 g/mol. The molecule has 1 aromatic carbocycles. The van der Waals surface area contributed by atoms with Crippen molar-refractivity contribution < 1.29 is 9.18 Å². The number of rotatable bonds is 3. The number of aromatic nitrogens is 2. The molecule has 0 atom stereocenters. The number of hydrogen-bond acceptors (Lipinski definition) is 3. The van der Waals surface area contributed by atoms with Crippen LogP contribution in [0.1, 0.15) is 5.56 Å². The van der Waals surface area contributed by atoms with E-state index < -0.39 is 0 Å². The Balaban J connectivity index is 1.97. The molecule has 2 aromatic rings. The molecule has 0 spiro atoms. The fourth-order valence-corrected chi connectivity index (χ4v) is 1.50. The number of nitrogens with zero attached hydrogens (tertiary/aromatic N) is 2. The summed E-state index contributed by atoms with van der Waals surface area (Å²) in [6, 6.07) is 5.83. The van der Waals surface area contributed by atoms with Crippen molar-refractivity contribution in [3.63, 3.8) is 0 Å². The molecular weight excluding hydrogens is 313 g/mol. The first-order chi connectivity index (χ1) is 9.13. The normalized spacial score (nSPS) is 10.6. The fourth-order valence-electron chi connectivity index (χ4n) is 1.29. The molecule has 1 N–H and O–H groups in total. The molecule has 1 aromatic heterocycles. The van der Waals surface area contributed by atoms with E-state index >= 15 is 0 Å². The first kappa shape index (κ1) is 13.4. The highest BCUT2D eigenvalue weighted by Gasteiger charge is 1.99. The summed E-state index contributed by atoms with van der Waals surface area (Å²) < 4.78 is 13.3. The maximum absolute atomic E-state index is 12.7. The summed E-state index contributed by atoms with van der Waals surface area (Å²) in [6.07, 6.45) is 5.85. The largest absolute Gasteiger partial charge is 0.306 e. The van der Waals surface area contributed by atoms with Gasteiger partial charge in [0.2, 0.25) is 5.91 Å². The van der Waals surface area contributed by atoms with Gasteiger partial charge in [-0.25, -0.2) is 14.4 Å². The lowest BCUT2D eigenvalue weighted by Crippen LogP contribution is -2.09. The molecule has 0 aliphatic heterocycles. The van der Waals surface area contributed by atoms with E-state index in [9.17, 15) is 9.18 Å². The van der Waals surface area contributed by atoms with E-state index in [1.165, 1.54) is 30.6 Å². The summed E-state index contributed by atoms with van der Waals surface area (Å²) in [4.78, 5) is 19.5. The van der Waals surface area contributed by atoms with Gasteiger partial charge in [0.25, 0.3) is 0 Å². The Hall–Kier alpha value is -2.08. The highest BCUT2D eigenvalue weighted by molar-refractivity contribution is 9.10. The summed E-state index contributed by atoms with van der Waals surface area (Å²) in [5.74, 6) is -0.287. The van der Waals surface area contributed by atoms with Crippen LogP contribution >= 0.6 is 15.9 Å². The second kappa shape index (κ2) is 6.19. The molecule has 4 nitrogen and oxygen atoms in total. The number of anilines is 1. The van der Waals surface area contributed by atoms with Gasteiger partial charge >= 0.3 is 0 Å². The first-order valence-corrected chi connectivity index (χ1v) is 6.15. The number of benzene rings is 1. The summed E-state index contributed by atoms with van der Waals surface area (Å²) in [6.45, 7) is 0. The van der Waals surface area contributed by atoms with Crippen molar-refractivity contribution >= 4 is 33.7 Å². The van der Waals surface area contributed by atoms with Gasteiger partial charge in [0.15, 0.2) is 5.82 Å². The van der Waals surface area contributed by atoms with Crippen LogP contribution in [0.4, 0.5) is 10.2 Å². The zero-order chi connectivity index (χ0) is 13.7. The lowest BCUT2D eigenvalue weighted by atomic mass is 10.2. The maximum atomic E-state index is 12.7. The molecule has 0 aliphatic carbocycles. The van der Waals surface area contributed by atoms with Crippen molar-refractivity contribution in [3.8, 4) is 0 Å². The predicted molar refractivity (Wildman–Crippen MR) is 73.8 cm³/mol. The third kappa shape index (κ3) is 4.26. The van der Waals surface area contributed by atoms with Crippen molar-refractivity contribution in [2.75, 3.05) is 5.32 Å². The van der Waals surface area contributed by atoms with Crippen molar-refractivity contribution in [2.24, 2.45) is 0 Å². The number of hydrogen-bond donors (Lipinski definition) is 1. The van der Waals surface area contributed by atoms with Gasteiger partial charge in [-0.15, -0.1) is 0 Å². The molecule has 6 heteroatoms. The smallest absolute Gasteiger partial charge is 0.249 e. The van der Waals surface area contributed by atoms with Crippen molar-refractivity contribution in [1.29, 1.82) is 0 Å². The van der Waals surface area contributed by atoms with Gasteiger partial charge in [0.1, 0.15) is 10.4 Å². The van der Waals surface area contributed by atoms with E-state index in [0.717, 1.165) is 5.56 Å². The van der Waals surface area contributed by atoms with E-state index in [2.05, 4.69) is 31.2 Å². The Bertz CT molecular complexity index is 596. The van der Waals surface area contributed by atoms with Gasteiger partial charge < -0.3 is 5.32 Å². The van der Waals surface area contributed by atoms with Crippen LogP contribution in [0.5, 0.6) is 0 Å². The summed E-state index contributed by atoms with van der Waals surface area (Å²) in [5.41, 5.74) is 0.735. The Labute approximate surface area is 117 Å². The molecule has 0 bridgehead atoms. The number of halogens is 2. The van der Waals surface area contributed by atoms with Gasteiger partial charge in [0.05, 0.1) is 12.4 Å². The van der Waals surface area contributed by atoms with Crippen molar-refractivity contribution in [3.05, 3.63) is 58.7 Å². The summed E-state index contributed by atoms with van der Waals surface area (Å²) in [5, 5.41) is 2.56. The molecule has 0 aliphatic rings. The molecule has 1 amide bonds. The standard InChI is InChI=1S/C13H9BrFN3O/c14-11-7-17-12(8-16-11)18-13(19)6-3-9-1-4-10(15)5-2-9/h1-8H,(H,17,18,19)/b6-3+. The second-order valence-electron chi connectivity index (χ2n) is 3.60. The highest BCUT2D eigenvalue weighted by atomic mass is 79.9. The Morgan fingerprint density at radius 1 is 1.21 bits per heavy atom. The van der Waals surface area contributed by atoms with Gasteiger partial charge in [0, 0.05) is 6.08 Å². The molecular formula is C13H9BrFN3O. The quantitative estimate of drug-likeness (QED) is 0.884. The molecule has 96 valence electrons. The maximum Gasteiger partial charge on any atom is 0.249 e. The van der Waals surface area contributed by atoms with Crippen LogP contribution in [0.2, 0.25) is 0 Å². The molecule has 0 saturated carbocycles. The predicted octanol–water partition coefficient (Wildman–Crippen LogP) is 3.03. The van der Waals surface area contributed by atoms with Crippen molar-refractivity contribution in [2.45, 2.75) is 0 Å². The van der Waals surface area contributed by atoms with E-state index in [4.69, 9.17) is 0 Å². The third-order valence-corrected chi connectivity index (χ3v) is 2.58. The average Bonchev–Trinajstić information content (AvgIpc) is 2.41. The minimum absolute atomic E-state index is 0.313. The van der Waals surface area contributed by atoms with Crippen LogP contribution in [-0.2, 0) is 4.79 Å². The third-order valence-electron chi connectivity index (χ3n) is 2.17. The highest BCUT2D eigenvalue weighted by Crippen LogP contribution is 2.07. The van der Waals surface area contributed by atoms with Crippen LogP contribution in [-0.4, -0.2) is 15.9 Å². The molecule has 0 unspecified atom stereocenters. The second-order valence-corrected chi connectivity index (χ2v) is 4.41. The van der Waals surface area contributed by atoms with Crippen LogP contribution in [0, 0.1) is 5.82 Å². The summed E-state index contributed by atoms with van der Waals surface area (Å²) >= 11 is 3.15. The SMILES string of the molecule is O=C(/C=C/c1ccc(F)cc1)Nc1cnc(Br)cn1. The van der Waals surface area contributed by atoms with Crippen LogP contribution in [0.3, 0.4) is 0 Å². The Kier molecular flexibility index (Phi) is 4.35. The molecule has 2 rings (SSSR count). The van der Waals surface area contributed by atoms with Gasteiger partial charge in [-0.1, -0.05) is 12.1 Å². The topological polar surface area (TPSA) is 54.9 Å². The van der Waals surface area contributed by atoms with Gasteiger partial charge in [-0.3, -0.25) is 4.79 Å². The molecule has 0 saturated heterocycles. The van der Waals surface area contributed by atoms with Crippen LogP contribution in [0.15, 0.2) is 47.3 Å². The zero-order valence-corrected chi connectivity index (χ0v) is 11.3. The summed E-state index contributed by atoms with van der Waals surface area (Å²) in [7, 11) is 0. The zero-order valence-electron chi connectivity index (χ0n) is 9.68. The molecule has 19 heavy (non-hydrogen) atoms. The lowest BCUT2D eigenvalue weighted by molar-refractivity contribution is -0.111. The Morgan fingerprint density at radius 3 is 2.58 bits per heavy atom. The fraction of sp³-hybridized carbons (Fsp3) is 0.